The van der Waals surface area contributed by atoms with Crippen LogP contribution < -0.4 is 14.9 Å². The smallest absolute Gasteiger partial charge is 0.477 e. The van der Waals surface area contributed by atoms with Crippen molar-refractivity contribution in [2.75, 3.05) is 14.2 Å². The first kappa shape index (κ1) is 13.6. The number of ether oxygens (including phenoxy) is 2. The molecule has 2 rings (SSSR count). The number of benzene rings is 1. The van der Waals surface area contributed by atoms with Gasteiger partial charge in [-0.05, 0) is 31.0 Å². The molecule has 0 atom stereocenters. The Morgan fingerprint density at radius 2 is 1.63 bits per heavy atom. The van der Waals surface area contributed by atoms with Gasteiger partial charge in [-0.25, -0.2) is 9.97 Å². The van der Waals surface area contributed by atoms with Crippen LogP contribution in [-0.4, -0.2) is 41.4 Å². The highest BCUT2D eigenvalue weighted by Gasteiger charge is 2.23. The van der Waals surface area contributed by atoms with E-state index < -0.39 is 7.12 Å². The van der Waals surface area contributed by atoms with Crippen molar-refractivity contribution < 1.29 is 19.5 Å². The largest absolute Gasteiger partial charge is 0.491 e. The number of aryl methyl sites for hydroxylation is 1. The summed E-state index contributed by atoms with van der Waals surface area (Å²) in [4.78, 5) is 8.54. The molecule has 1 heterocycles. The first-order valence-corrected chi connectivity index (χ1v) is 5.75. The molecule has 19 heavy (non-hydrogen) atoms. The lowest BCUT2D eigenvalue weighted by molar-refractivity contribution is 0.334. The molecule has 100 valence electrons. The Morgan fingerprint density at radius 3 is 2.16 bits per heavy atom. The molecule has 6 nitrogen and oxygen atoms in total. The second-order valence-electron chi connectivity index (χ2n) is 4.22. The summed E-state index contributed by atoms with van der Waals surface area (Å²) in [6.45, 7) is 3.68. The molecule has 0 spiro atoms. The molecule has 0 saturated carbocycles. The molecule has 7 heteroatoms. The maximum Gasteiger partial charge on any atom is 0.491 e. The maximum absolute atomic E-state index is 9.53. The van der Waals surface area contributed by atoms with E-state index in [1.807, 2.05) is 19.9 Å². The van der Waals surface area contributed by atoms with Gasteiger partial charge < -0.3 is 19.5 Å². The minimum Gasteiger partial charge on any atom is -0.477 e. The SMILES string of the molecule is COc1nc2cc(C)c(C)c(B(O)O)c2nc1OC. The predicted octanol–water partition coefficient (Wildman–Crippen LogP) is -0.0564. The zero-order chi connectivity index (χ0) is 14.2. The number of nitrogens with zero attached hydrogens (tertiary/aromatic N) is 2. The van der Waals surface area contributed by atoms with Gasteiger partial charge in [-0.15, -0.1) is 0 Å². The summed E-state index contributed by atoms with van der Waals surface area (Å²) in [5.41, 5.74) is 2.93. The standard InChI is InChI=1S/C12H15BN2O4/c1-6-5-8-10(9(7(6)2)13(16)17)15-12(19-4)11(14-8)18-3/h5,16-17H,1-4H3. The van der Waals surface area contributed by atoms with Crippen molar-refractivity contribution in [2.24, 2.45) is 0 Å². The van der Waals surface area contributed by atoms with E-state index in [4.69, 9.17) is 9.47 Å². The normalized spacial score (nSPS) is 10.6. The minimum absolute atomic E-state index is 0.208. The van der Waals surface area contributed by atoms with Gasteiger partial charge in [0.15, 0.2) is 0 Å². The van der Waals surface area contributed by atoms with Gasteiger partial charge in [0, 0.05) is 5.46 Å². The van der Waals surface area contributed by atoms with Crippen LogP contribution in [0.1, 0.15) is 11.1 Å². The van der Waals surface area contributed by atoms with Crippen molar-refractivity contribution in [3.63, 3.8) is 0 Å². The van der Waals surface area contributed by atoms with Crippen molar-refractivity contribution in [1.82, 2.24) is 9.97 Å². The first-order valence-electron chi connectivity index (χ1n) is 5.75. The van der Waals surface area contributed by atoms with Gasteiger partial charge in [-0.2, -0.15) is 0 Å². The van der Waals surface area contributed by atoms with E-state index in [1.54, 1.807) is 0 Å². The van der Waals surface area contributed by atoms with E-state index in [0.717, 1.165) is 11.1 Å². The fourth-order valence-electron chi connectivity index (χ4n) is 2.00. The average molecular weight is 262 g/mol. The quantitative estimate of drug-likeness (QED) is 0.754. The molecule has 0 fully saturated rings. The monoisotopic (exact) mass is 262 g/mol. The second kappa shape index (κ2) is 5.03. The Kier molecular flexibility index (Phi) is 3.59. The topological polar surface area (TPSA) is 84.7 Å². The molecule has 0 aliphatic carbocycles. The number of rotatable bonds is 3. The van der Waals surface area contributed by atoms with Crippen LogP contribution in [0.25, 0.3) is 11.0 Å². The highest BCUT2D eigenvalue weighted by Crippen LogP contribution is 2.25. The van der Waals surface area contributed by atoms with Crippen molar-refractivity contribution in [3.05, 3.63) is 17.2 Å². The summed E-state index contributed by atoms with van der Waals surface area (Å²) in [6, 6.07) is 1.82. The lowest BCUT2D eigenvalue weighted by atomic mass is 9.75. The van der Waals surface area contributed by atoms with Crippen molar-refractivity contribution >= 4 is 23.6 Å². The Balaban J connectivity index is 2.87. The third kappa shape index (κ3) is 2.22. The summed E-state index contributed by atoms with van der Waals surface area (Å²) >= 11 is 0. The van der Waals surface area contributed by atoms with E-state index in [1.165, 1.54) is 14.2 Å². The predicted molar refractivity (Wildman–Crippen MR) is 71.9 cm³/mol. The van der Waals surface area contributed by atoms with Crippen LogP contribution in [0.2, 0.25) is 0 Å². The van der Waals surface area contributed by atoms with Crippen LogP contribution in [0.4, 0.5) is 0 Å². The fraction of sp³-hybridized carbons (Fsp3) is 0.333. The maximum atomic E-state index is 9.53. The van der Waals surface area contributed by atoms with E-state index in [9.17, 15) is 10.0 Å². The molecule has 2 N–H and O–H groups in total. The molecular weight excluding hydrogens is 247 g/mol. The third-order valence-corrected chi connectivity index (χ3v) is 3.11. The van der Waals surface area contributed by atoms with Crippen LogP contribution in [0.15, 0.2) is 6.07 Å². The number of methoxy groups -OCH3 is 2. The van der Waals surface area contributed by atoms with Crippen LogP contribution in [0.3, 0.4) is 0 Å². The second-order valence-corrected chi connectivity index (χ2v) is 4.22. The highest BCUT2D eigenvalue weighted by atomic mass is 16.5. The van der Waals surface area contributed by atoms with Crippen LogP contribution >= 0.6 is 0 Å². The Bertz CT molecular complexity index is 631. The first-order chi connectivity index (χ1) is 8.99. The summed E-state index contributed by atoms with van der Waals surface area (Å²) in [5.74, 6) is 0.469. The molecular formula is C12H15BN2O4. The zero-order valence-corrected chi connectivity index (χ0v) is 11.3. The number of hydrogen-bond donors (Lipinski definition) is 2. The van der Waals surface area contributed by atoms with Crippen LogP contribution in [-0.2, 0) is 0 Å². The lowest BCUT2D eigenvalue weighted by Gasteiger charge is -2.13. The van der Waals surface area contributed by atoms with Gasteiger partial charge in [-0.3, -0.25) is 0 Å². The minimum atomic E-state index is -1.62. The van der Waals surface area contributed by atoms with E-state index in [0.29, 0.717) is 16.5 Å². The fourth-order valence-corrected chi connectivity index (χ4v) is 2.00. The van der Waals surface area contributed by atoms with Crippen molar-refractivity contribution in [2.45, 2.75) is 13.8 Å². The number of fused-ring (bicyclic) bond motifs is 1. The molecule has 0 amide bonds. The number of hydrogen-bond acceptors (Lipinski definition) is 6. The Morgan fingerprint density at radius 1 is 1.05 bits per heavy atom. The molecule has 0 aliphatic rings. The van der Waals surface area contributed by atoms with Gasteiger partial charge in [0.25, 0.3) is 11.8 Å². The molecule has 1 aromatic carbocycles. The summed E-state index contributed by atoms with van der Waals surface area (Å²) in [5, 5.41) is 19.1. The summed E-state index contributed by atoms with van der Waals surface area (Å²) < 4.78 is 10.2. The molecule has 0 bridgehead atoms. The Labute approximate surface area is 111 Å². The molecule has 0 unspecified atom stereocenters. The molecule has 1 aromatic heterocycles. The Hall–Kier alpha value is -1.86. The van der Waals surface area contributed by atoms with Crippen molar-refractivity contribution in [1.29, 1.82) is 0 Å². The molecule has 0 aliphatic heterocycles. The molecule has 2 aromatic rings. The number of aromatic nitrogens is 2. The van der Waals surface area contributed by atoms with Gasteiger partial charge in [0.05, 0.1) is 25.3 Å². The van der Waals surface area contributed by atoms with Gasteiger partial charge in [0.1, 0.15) is 0 Å². The van der Waals surface area contributed by atoms with Crippen LogP contribution in [0, 0.1) is 13.8 Å². The van der Waals surface area contributed by atoms with Gasteiger partial charge in [0.2, 0.25) is 0 Å². The molecule has 0 saturated heterocycles. The molecule has 0 radical (unpaired) electrons. The van der Waals surface area contributed by atoms with E-state index >= 15 is 0 Å². The van der Waals surface area contributed by atoms with Gasteiger partial charge in [-0.1, -0.05) is 0 Å². The lowest BCUT2D eigenvalue weighted by Crippen LogP contribution is -2.34. The average Bonchev–Trinajstić information content (AvgIpc) is 2.38. The third-order valence-electron chi connectivity index (χ3n) is 3.11. The zero-order valence-electron chi connectivity index (χ0n) is 11.3. The van der Waals surface area contributed by atoms with E-state index in [2.05, 4.69) is 9.97 Å². The van der Waals surface area contributed by atoms with Crippen molar-refractivity contribution in [3.8, 4) is 11.8 Å². The van der Waals surface area contributed by atoms with Crippen LogP contribution in [0.5, 0.6) is 11.8 Å². The highest BCUT2D eigenvalue weighted by molar-refractivity contribution is 6.62. The van der Waals surface area contributed by atoms with Gasteiger partial charge >= 0.3 is 7.12 Å². The van der Waals surface area contributed by atoms with E-state index in [-0.39, 0.29) is 11.8 Å². The summed E-state index contributed by atoms with van der Waals surface area (Å²) in [6.07, 6.45) is 0. The summed E-state index contributed by atoms with van der Waals surface area (Å²) in [7, 11) is 1.31.